The van der Waals surface area contributed by atoms with Gasteiger partial charge in [-0.1, -0.05) is 52.0 Å². The highest BCUT2D eigenvalue weighted by Gasteiger charge is 2.67. The molecule has 4 fully saturated rings. The smallest absolute Gasteiger partial charge is 0.405 e. The zero-order valence-corrected chi connectivity index (χ0v) is 15.3. The van der Waals surface area contributed by atoms with Gasteiger partial charge in [0.05, 0.1) is 11.7 Å². The summed E-state index contributed by atoms with van der Waals surface area (Å²) < 4.78 is 12.6. The molecule has 4 aliphatic rings. The quantitative estimate of drug-likeness (QED) is 0.521. The summed E-state index contributed by atoms with van der Waals surface area (Å²) in [6, 6.07) is 0. The Hall–Kier alpha value is -0.535. The highest BCUT2D eigenvalue weighted by molar-refractivity contribution is 6.45. The summed E-state index contributed by atoms with van der Waals surface area (Å²) in [5.74, 6) is 1.48. The Labute approximate surface area is 137 Å². The fourth-order valence-electron chi connectivity index (χ4n) is 4.70. The highest BCUT2D eigenvalue weighted by Crippen LogP contribution is 2.65. The van der Waals surface area contributed by atoms with E-state index in [0.29, 0.717) is 17.4 Å². The lowest BCUT2D eigenvalue weighted by atomic mass is 9.43. The van der Waals surface area contributed by atoms with E-state index >= 15 is 0 Å². The SMILES string of the molecule is C=C(/C=C\C)CCB1OC2CC3CC(C3(C)C)[C@]2(C)O1.CC. The minimum absolute atomic E-state index is 0.0397. The molecule has 0 aromatic heterocycles. The number of hydrogen-bond acceptors (Lipinski definition) is 2. The molecule has 2 nitrogen and oxygen atoms in total. The minimum atomic E-state index is -0.0646. The molecule has 0 radical (unpaired) electrons. The molecule has 4 atom stereocenters. The molecule has 0 aromatic rings. The second-order valence-corrected chi connectivity index (χ2v) is 7.60. The molecule has 3 saturated carbocycles. The molecule has 3 aliphatic carbocycles. The van der Waals surface area contributed by atoms with Gasteiger partial charge in [-0.25, -0.2) is 0 Å². The summed E-state index contributed by atoms with van der Waals surface area (Å²) in [6.07, 6.45) is 8.79. The van der Waals surface area contributed by atoms with Gasteiger partial charge in [-0.3, -0.25) is 0 Å². The van der Waals surface area contributed by atoms with E-state index in [-0.39, 0.29) is 12.7 Å². The van der Waals surface area contributed by atoms with Gasteiger partial charge < -0.3 is 9.31 Å². The first-order valence-corrected chi connectivity index (χ1v) is 9.01. The monoisotopic (exact) mass is 304 g/mol. The van der Waals surface area contributed by atoms with Crippen LogP contribution in [0.25, 0.3) is 0 Å². The summed E-state index contributed by atoms with van der Waals surface area (Å²) >= 11 is 0. The van der Waals surface area contributed by atoms with E-state index < -0.39 is 0 Å². The fraction of sp³-hybridized carbons (Fsp3) is 0.789. The van der Waals surface area contributed by atoms with Gasteiger partial charge in [0.15, 0.2) is 0 Å². The van der Waals surface area contributed by atoms with Crippen molar-refractivity contribution >= 4 is 7.12 Å². The van der Waals surface area contributed by atoms with Crippen molar-refractivity contribution in [1.29, 1.82) is 0 Å². The van der Waals surface area contributed by atoms with E-state index in [4.69, 9.17) is 9.31 Å². The van der Waals surface area contributed by atoms with Crippen molar-refractivity contribution in [2.24, 2.45) is 17.3 Å². The molecule has 124 valence electrons. The summed E-state index contributed by atoms with van der Waals surface area (Å²) in [7, 11) is -0.0397. The first-order chi connectivity index (χ1) is 10.4. The van der Waals surface area contributed by atoms with Crippen LogP contribution >= 0.6 is 0 Å². The van der Waals surface area contributed by atoms with Crippen LogP contribution < -0.4 is 0 Å². The van der Waals surface area contributed by atoms with Crippen molar-refractivity contribution in [2.75, 3.05) is 0 Å². The molecule has 1 aliphatic heterocycles. The van der Waals surface area contributed by atoms with Gasteiger partial charge in [-0.2, -0.15) is 0 Å². The molecular weight excluding hydrogens is 271 g/mol. The third-order valence-corrected chi connectivity index (χ3v) is 6.11. The van der Waals surface area contributed by atoms with Crippen LogP contribution in [0.15, 0.2) is 24.3 Å². The summed E-state index contributed by atoms with van der Waals surface area (Å²) in [6.45, 7) is 17.2. The van der Waals surface area contributed by atoms with Crippen LogP contribution in [-0.4, -0.2) is 18.8 Å². The van der Waals surface area contributed by atoms with E-state index in [1.807, 2.05) is 26.8 Å². The molecule has 22 heavy (non-hydrogen) atoms. The predicted molar refractivity (Wildman–Crippen MR) is 94.8 cm³/mol. The lowest BCUT2D eigenvalue weighted by Crippen LogP contribution is -2.65. The molecule has 0 N–H and O–H groups in total. The molecule has 1 saturated heterocycles. The predicted octanol–water partition coefficient (Wildman–Crippen LogP) is 5.26. The van der Waals surface area contributed by atoms with Crippen LogP contribution in [-0.2, 0) is 9.31 Å². The average Bonchev–Trinajstić information content (AvgIpc) is 2.83. The van der Waals surface area contributed by atoms with Crippen LogP contribution in [0, 0.1) is 17.3 Å². The molecular formula is C19H33BO2. The summed E-state index contributed by atoms with van der Waals surface area (Å²) in [5, 5.41) is 0. The first kappa shape index (κ1) is 17.8. The first-order valence-electron chi connectivity index (χ1n) is 9.01. The molecule has 3 heteroatoms. The Kier molecular flexibility index (Phi) is 5.29. The van der Waals surface area contributed by atoms with Gasteiger partial charge in [0.25, 0.3) is 0 Å². The molecule has 0 aromatic carbocycles. The zero-order chi connectivity index (χ0) is 16.5. The number of rotatable bonds is 4. The van der Waals surface area contributed by atoms with E-state index in [9.17, 15) is 0 Å². The second kappa shape index (κ2) is 6.53. The Balaban J connectivity index is 0.000000847. The molecule has 4 rings (SSSR count). The Morgan fingerprint density at radius 2 is 1.95 bits per heavy atom. The highest BCUT2D eigenvalue weighted by atomic mass is 16.7. The van der Waals surface area contributed by atoms with Gasteiger partial charge in [-0.15, -0.1) is 0 Å². The topological polar surface area (TPSA) is 18.5 Å². The van der Waals surface area contributed by atoms with E-state index in [2.05, 4.69) is 33.4 Å². The van der Waals surface area contributed by atoms with Crippen molar-refractivity contribution in [1.82, 2.24) is 0 Å². The van der Waals surface area contributed by atoms with E-state index in [0.717, 1.165) is 24.2 Å². The Bertz CT molecular complexity index is 443. The Morgan fingerprint density at radius 1 is 1.27 bits per heavy atom. The van der Waals surface area contributed by atoms with Gasteiger partial charge in [0.1, 0.15) is 0 Å². The van der Waals surface area contributed by atoms with Crippen molar-refractivity contribution < 1.29 is 9.31 Å². The lowest BCUT2D eigenvalue weighted by molar-refractivity contribution is -0.199. The second-order valence-electron chi connectivity index (χ2n) is 7.60. The number of hydrogen-bond donors (Lipinski definition) is 0. The molecule has 1 heterocycles. The van der Waals surface area contributed by atoms with Crippen LogP contribution in [0.2, 0.25) is 6.32 Å². The number of allylic oxidation sites excluding steroid dienone is 3. The van der Waals surface area contributed by atoms with Crippen LogP contribution in [0.1, 0.15) is 60.8 Å². The van der Waals surface area contributed by atoms with E-state index in [1.54, 1.807) is 0 Å². The van der Waals surface area contributed by atoms with Crippen LogP contribution in [0.5, 0.6) is 0 Å². The van der Waals surface area contributed by atoms with E-state index in [1.165, 1.54) is 12.8 Å². The standard InChI is InChI=1S/C17H27BO2.C2H6/c1-6-7-12(2)8-9-18-19-15-11-13-10-14(16(13,3)4)17(15,5)20-18;1-2/h6-7,13-15H,2,8-11H2,1,3-5H3;1-2H3/b7-6-;/t13?,14?,15?,17-;/m0./s1. The third kappa shape index (κ3) is 2.83. The molecule has 3 unspecified atom stereocenters. The third-order valence-electron chi connectivity index (χ3n) is 6.11. The van der Waals surface area contributed by atoms with Gasteiger partial charge >= 0.3 is 7.12 Å². The largest absolute Gasteiger partial charge is 0.457 e. The normalized spacial score (nSPS) is 38.1. The van der Waals surface area contributed by atoms with Crippen molar-refractivity contribution in [3.8, 4) is 0 Å². The Morgan fingerprint density at radius 3 is 2.55 bits per heavy atom. The maximum Gasteiger partial charge on any atom is 0.457 e. The van der Waals surface area contributed by atoms with Gasteiger partial charge in [0, 0.05) is 0 Å². The van der Waals surface area contributed by atoms with Crippen molar-refractivity contribution in [3.63, 3.8) is 0 Å². The minimum Gasteiger partial charge on any atom is -0.405 e. The summed E-state index contributed by atoms with van der Waals surface area (Å²) in [5.41, 5.74) is 1.52. The average molecular weight is 304 g/mol. The van der Waals surface area contributed by atoms with Crippen LogP contribution in [0.4, 0.5) is 0 Å². The fourth-order valence-corrected chi connectivity index (χ4v) is 4.70. The van der Waals surface area contributed by atoms with Crippen molar-refractivity contribution in [3.05, 3.63) is 24.3 Å². The maximum atomic E-state index is 6.38. The molecule has 0 spiro atoms. The molecule has 0 amide bonds. The lowest BCUT2D eigenvalue weighted by Gasteiger charge is -2.64. The zero-order valence-electron chi connectivity index (χ0n) is 15.3. The maximum absolute atomic E-state index is 6.38. The molecule has 2 bridgehead atoms. The van der Waals surface area contributed by atoms with Crippen molar-refractivity contribution in [2.45, 2.75) is 78.8 Å². The van der Waals surface area contributed by atoms with Gasteiger partial charge in [0.2, 0.25) is 0 Å². The van der Waals surface area contributed by atoms with Gasteiger partial charge in [-0.05, 0) is 56.7 Å². The van der Waals surface area contributed by atoms with Crippen LogP contribution in [0.3, 0.4) is 0 Å². The summed E-state index contributed by atoms with van der Waals surface area (Å²) in [4.78, 5) is 0.